The zero-order valence-corrected chi connectivity index (χ0v) is 8.65. The second kappa shape index (κ2) is 4.80. The highest BCUT2D eigenvalue weighted by atomic mass is 16.2. The summed E-state index contributed by atoms with van der Waals surface area (Å²) in [6, 6.07) is 0.161. The number of nitrogens with zero attached hydrogens (tertiary/aromatic N) is 1. The van der Waals surface area contributed by atoms with Gasteiger partial charge in [-0.1, -0.05) is 31.2 Å². The molecule has 0 saturated heterocycles. The standard InChI is InChI=1S/C12H17NO/c1-4-6-11-8-7-10(3)12(14)13(11)9-5-2/h4-5,7-8,10-11H,1-2,6,9H2,3H3/t10-,11+/m1/s1. The van der Waals surface area contributed by atoms with Crippen LogP contribution in [0.2, 0.25) is 0 Å². The summed E-state index contributed by atoms with van der Waals surface area (Å²) in [5, 5.41) is 0. The third-order valence-corrected chi connectivity index (χ3v) is 2.43. The van der Waals surface area contributed by atoms with E-state index < -0.39 is 0 Å². The molecule has 1 amide bonds. The molecule has 0 spiro atoms. The summed E-state index contributed by atoms with van der Waals surface area (Å²) in [5.41, 5.74) is 0. The summed E-state index contributed by atoms with van der Waals surface area (Å²) in [5.74, 6) is 0.176. The molecule has 2 nitrogen and oxygen atoms in total. The van der Waals surface area contributed by atoms with Crippen molar-refractivity contribution in [1.29, 1.82) is 0 Å². The fourth-order valence-electron chi connectivity index (χ4n) is 1.65. The fraction of sp³-hybridized carbons (Fsp3) is 0.417. The van der Waals surface area contributed by atoms with Crippen molar-refractivity contribution in [3.05, 3.63) is 37.5 Å². The maximum Gasteiger partial charge on any atom is 0.229 e. The van der Waals surface area contributed by atoms with E-state index >= 15 is 0 Å². The third kappa shape index (κ3) is 2.13. The van der Waals surface area contributed by atoms with Gasteiger partial charge in [0.2, 0.25) is 5.91 Å². The van der Waals surface area contributed by atoms with Crippen molar-refractivity contribution in [2.24, 2.45) is 5.92 Å². The van der Waals surface area contributed by atoms with Crippen molar-refractivity contribution < 1.29 is 4.79 Å². The van der Waals surface area contributed by atoms with Gasteiger partial charge in [-0.15, -0.1) is 13.2 Å². The Morgan fingerprint density at radius 2 is 2.14 bits per heavy atom. The number of hydrogen-bond acceptors (Lipinski definition) is 1. The van der Waals surface area contributed by atoms with Crippen molar-refractivity contribution in [3.63, 3.8) is 0 Å². The molecular formula is C12H17NO. The normalized spacial score (nSPS) is 26.4. The average Bonchev–Trinajstić information content (AvgIpc) is 2.18. The molecule has 0 saturated carbocycles. The second-order valence-electron chi connectivity index (χ2n) is 3.54. The van der Waals surface area contributed by atoms with Crippen LogP contribution < -0.4 is 0 Å². The number of carbonyl (C=O) groups excluding carboxylic acids is 1. The molecule has 0 aromatic rings. The van der Waals surface area contributed by atoms with Crippen molar-refractivity contribution in [2.75, 3.05) is 6.54 Å². The maximum absolute atomic E-state index is 11.8. The molecule has 0 N–H and O–H groups in total. The molecule has 0 unspecified atom stereocenters. The Morgan fingerprint density at radius 1 is 1.43 bits per heavy atom. The number of hydrogen-bond donors (Lipinski definition) is 0. The molecule has 0 aliphatic carbocycles. The fourth-order valence-corrected chi connectivity index (χ4v) is 1.65. The zero-order chi connectivity index (χ0) is 10.6. The number of carbonyl (C=O) groups is 1. The van der Waals surface area contributed by atoms with Crippen LogP contribution in [0.4, 0.5) is 0 Å². The van der Waals surface area contributed by atoms with E-state index in [9.17, 15) is 4.79 Å². The van der Waals surface area contributed by atoms with E-state index in [1.165, 1.54) is 0 Å². The highest BCUT2D eigenvalue weighted by Gasteiger charge is 2.26. The van der Waals surface area contributed by atoms with Crippen molar-refractivity contribution in [2.45, 2.75) is 19.4 Å². The largest absolute Gasteiger partial charge is 0.332 e. The molecule has 2 heteroatoms. The van der Waals surface area contributed by atoms with Gasteiger partial charge < -0.3 is 4.90 Å². The second-order valence-corrected chi connectivity index (χ2v) is 3.54. The van der Waals surface area contributed by atoms with Gasteiger partial charge in [-0.05, 0) is 6.42 Å². The lowest BCUT2D eigenvalue weighted by Gasteiger charge is -2.33. The van der Waals surface area contributed by atoms with Gasteiger partial charge in [0.05, 0.1) is 12.0 Å². The van der Waals surface area contributed by atoms with E-state index in [2.05, 4.69) is 19.2 Å². The monoisotopic (exact) mass is 191 g/mol. The number of rotatable bonds is 4. The van der Waals surface area contributed by atoms with Gasteiger partial charge in [-0.3, -0.25) is 4.79 Å². The van der Waals surface area contributed by atoms with Gasteiger partial charge >= 0.3 is 0 Å². The van der Waals surface area contributed by atoms with E-state index in [-0.39, 0.29) is 17.9 Å². The third-order valence-electron chi connectivity index (χ3n) is 2.43. The molecule has 1 aliphatic rings. The molecule has 0 bridgehead atoms. The minimum Gasteiger partial charge on any atom is -0.332 e. The molecule has 1 aliphatic heterocycles. The Morgan fingerprint density at radius 3 is 2.71 bits per heavy atom. The molecule has 1 heterocycles. The number of amides is 1. The summed E-state index contributed by atoms with van der Waals surface area (Å²) in [7, 11) is 0. The van der Waals surface area contributed by atoms with E-state index in [1.54, 1.807) is 6.08 Å². The van der Waals surface area contributed by atoms with E-state index in [0.29, 0.717) is 6.54 Å². The van der Waals surface area contributed by atoms with Crippen LogP contribution in [-0.2, 0) is 4.79 Å². The van der Waals surface area contributed by atoms with E-state index in [0.717, 1.165) is 6.42 Å². The smallest absolute Gasteiger partial charge is 0.229 e. The lowest BCUT2D eigenvalue weighted by molar-refractivity contribution is -0.135. The Bertz CT molecular complexity index is 267. The quantitative estimate of drug-likeness (QED) is 0.623. The predicted molar refractivity (Wildman–Crippen MR) is 58.8 cm³/mol. The first-order valence-corrected chi connectivity index (χ1v) is 4.91. The van der Waals surface area contributed by atoms with E-state index in [1.807, 2.05) is 24.0 Å². The molecule has 0 radical (unpaired) electrons. The van der Waals surface area contributed by atoms with Crippen LogP contribution in [0, 0.1) is 5.92 Å². The van der Waals surface area contributed by atoms with Crippen LogP contribution in [0.5, 0.6) is 0 Å². The lowest BCUT2D eigenvalue weighted by atomic mass is 9.99. The SMILES string of the molecule is C=CC[C@H]1C=C[C@@H](C)C(=O)N1CC=C. The predicted octanol–water partition coefficient (Wildman–Crippen LogP) is 2.15. The average molecular weight is 191 g/mol. The molecule has 2 atom stereocenters. The molecule has 0 aromatic heterocycles. The van der Waals surface area contributed by atoms with Gasteiger partial charge in [0.25, 0.3) is 0 Å². The Kier molecular flexibility index (Phi) is 3.69. The van der Waals surface area contributed by atoms with Crippen LogP contribution >= 0.6 is 0 Å². The lowest BCUT2D eigenvalue weighted by Crippen LogP contribution is -2.44. The molecular weight excluding hydrogens is 174 g/mol. The molecule has 1 rings (SSSR count). The van der Waals surface area contributed by atoms with Gasteiger partial charge in [0, 0.05) is 6.54 Å². The Hall–Kier alpha value is -1.31. The van der Waals surface area contributed by atoms with E-state index in [4.69, 9.17) is 0 Å². The van der Waals surface area contributed by atoms with Crippen LogP contribution in [0.1, 0.15) is 13.3 Å². The topological polar surface area (TPSA) is 20.3 Å². The van der Waals surface area contributed by atoms with Gasteiger partial charge in [0.1, 0.15) is 0 Å². The summed E-state index contributed by atoms with van der Waals surface area (Å²) >= 11 is 0. The first kappa shape index (κ1) is 10.8. The van der Waals surface area contributed by atoms with Crippen molar-refractivity contribution >= 4 is 5.91 Å². The maximum atomic E-state index is 11.8. The minimum absolute atomic E-state index is 0.00369. The molecule has 0 aromatic carbocycles. The Labute approximate surface area is 85.6 Å². The highest BCUT2D eigenvalue weighted by molar-refractivity contribution is 5.82. The summed E-state index contributed by atoms with van der Waals surface area (Å²) < 4.78 is 0. The zero-order valence-electron chi connectivity index (χ0n) is 8.65. The van der Waals surface area contributed by atoms with Crippen LogP contribution in [-0.4, -0.2) is 23.4 Å². The Balaban J connectivity index is 2.81. The van der Waals surface area contributed by atoms with Crippen molar-refractivity contribution in [1.82, 2.24) is 4.90 Å². The van der Waals surface area contributed by atoms with Crippen LogP contribution in [0.15, 0.2) is 37.5 Å². The van der Waals surface area contributed by atoms with Crippen LogP contribution in [0.3, 0.4) is 0 Å². The minimum atomic E-state index is -0.00369. The first-order valence-electron chi connectivity index (χ1n) is 4.91. The highest BCUT2D eigenvalue weighted by Crippen LogP contribution is 2.18. The van der Waals surface area contributed by atoms with Gasteiger partial charge in [-0.25, -0.2) is 0 Å². The first-order chi connectivity index (χ1) is 6.70. The summed E-state index contributed by atoms with van der Waals surface area (Å²) in [6.45, 7) is 9.89. The molecule has 14 heavy (non-hydrogen) atoms. The van der Waals surface area contributed by atoms with Gasteiger partial charge in [-0.2, -0.15) is 0 Å². The van der Waals surface area contributed by atoms with Gasteiger partial charge in [0.15, 0.2) is 0 Å². The van der Waals surface area contributed by atoms with Crippen molar-refractivity contribution in [3.8, 4) is 0 Å². The summed E-state index contributed by atoms with van der Waals surface area (Å²) in [4.78, 5) is 13.6. The molecule has 0 fully saturated rings. The summed E-state index contributed by atoms with van der Waals surface area (Å²) in [6.07, 6.45) is 8.46. The molecule has 76 valence electrons. The van der Waals surface area contributed by atoms with Crippen LogP contribution in [0.25, 0.3) is 0 Å².